The lowest BCUT2D eigenvalue weighted by molar-refractivity contribution is 0.0655. The summed E-state index contributed by atoms with van der Waals surface area (Å²) in [7, 11) is 0. The van der Waals surface area contributed by atoms with Gasteiger partial charge in [-0.25, -0.2) is 4.99 Å². The molecular formula is C14H22IN5OS. The van der Waals surface area contributed by atoms with Crippen molar-refractivity contribution >= 4 is 41.3 Å². The molecule has 0 saturated carbocycles. The Hall–Kier alpha value is -1.13. The molecule has 0 aliphatic heterocycles. The number of hydrogen-bond donors (Lipinski definition) is 4. The summed E-state index contributed by atoms with van der Waals surface area (Å²) in [6.07, 6.45) is 1.70. The molecule has 0 radical (unpaired) electrons. The lowest BCUT2D eigenvalue weighted by atomic mass is 10.1. The van der Waals surface area contributed by atoms with Crippen LogP contribution in [0.15, 0.2) is 34.8 Å². The fourth-order valence-corrected chi connectivity index (χ4v) is 2.59. The minimum Gasteiger partial charge on any atom is -0.383 e. The molecule has 0 spiro atoms. The van der Waals surface area contributed by atoms with Crippen LogP contribution in [0, 0.1) is 0 Å². The van der Waals surface area contributed by atoms with Crippen LogP contribution in [0.25, 0.3) is 0 Å². The fourth-order valence-electron chi connectivity index (χ4n) is 1.81. The van der Waals surface area contributed by atoms with E-state index in [1.165, 1.54) is 0 Å². The zero-order valence-corrected chi connectivity index (χ0v) is 15.8. The minimum absolute atomic E-state index is 0. The first-order valence-corrected chi connectivity index (χ1v) is 7.76. The lowest BCUT2D eigenvalue weighted by Gasteiger charge is -2.23. The standard InChI is InChI=1S/C14H21N5OS.HI/c1-3-15-13(16-9-11-6-7-18-19-11)17-10-14(2,20)12-5-4-8-21-12;/h4-8,20H,3,9-10H2,1-2H3,(H,18,19)(H2,15,16,17);1H. The second-order valence-corrected chi connectivity index (χ2v) is 5.83. The van der Waals surface area contributed by atoms with Crippen molar-refractivity contribution in [2.45, 2.75) is 26.0 Å². The van der Waals surface area contributed by atoms with E-state index in [1.807, 2.05) is 30.5 Å². The normalized spacial score (nSPS) is 14.0. The van der Waals surface area contributed by atoms with Gasteiger partial charge in [0, 0.05) is 17.6 Å². The molecule has 0 amide bonds. The summed E-state index contributed by atoms with van der Waals surface area (Å²) in [5, 5.41) is 25.5. The summed E-state index contributed by atoms with van der Waals surface area (Å²) >= 11 is 1.54. The predicted molar refractivity (Wildman–Crippen MR) is 101 cm³/mol. The van der Waals surface area contributed by atoms with Gasteiger partial charge in [-0.1, -0.05) is 6.07 Å². The van der Waals surface area contributed by atoms with Gasteiger partial charge in [0.15, 0.2) is 5.96 Å². The third-order valence-electron chi connectivity index (χ3n) is 2.96. The highest BCUT2D eigenvalue weighted by atomic mass is 127. The zero-order valence-electron chi connectivity index (χ0n) is 12.7. The Morgan fingerprint density at radius 1 is 1.45 bits per heavy atom. The Morgan fingerprint density at radius 2 is 2.27 bits per heavy atom. The van der Waals surface area contributed by atoms with Gasteiger partial charge < -0.3 is 15.7 Å². The van der Waals surface area contributed by atoms with Crippen LogP contribution >= 0.6 is 35.3 Å². The summed E-state index contributed by atoms with van der Waals surface area (Å²) in [5.41, 5.74) is 0.0236. The highest BCUT2D eigenvalue weighted by Gasteiger charge is 2.24. The number of halogens is 1. The van der Waals surface area contributed by atoms with Gasteiger partial charge in [0.1, 0.15) is 5.60 Å². The number of thiophene rings is 1. The fraction of sp³-hybridized carbons (Fsp3) is 0.429. The number of aliphatic imine (C=N–C) groups is 1. The predicted octanol–water partition coefficient (Wildman–Crippen LogP) is 2.05. The highest BCUT2D eigenvalue weighted by molar-refractivity contribution is 14.0. The molecule has 0 bridgehead atoms. The van der Waals surface area contributed by atoms with E-state index >= 15 is 0 Å². The van der Waals surface area contributed by atoms with Gasteiger partial charge in [0.05, 0.1) is 18.8 Å². The number of hydrogen-bond acceptors (Lipinski definition) is 4. The SMILES string of the molecule is CCNC(=NCc1ccn[nH]1)NCC(C)(O)c1cccs1.I. The van der Waals surface area contributed by atoms with Crippen LogP contribution in [0.1, 0.15) is 24.4 Å². The van der Waals surface area contributed by atoms with Crippen molar-refractivity contribution in [2.75, 3.05) is 13.1 Å². The largest absolute Gasteiger partial charge is 0.383 e. The first-order chi connectivity index (χ1) is 10.1. The van der Waals surface area contributed by atoms with Crippen LogP contribution in [-0.2, 0) is 12.1 Å². The molecule has 0 aliphatic carbocycles. The average molecular weight is 435 g/mol. The van der Waals surface area contributed by atoms with Crippen molar-refractivity contribution in [3.63, 3.8) is 0 Å². The minimum atomic E-state index is -0.918. The third-order valence-corrected chi connectivity index (χ3v) is 4.09. The number of aromatic nitrogens is 2. The maximum Gasteiger partial charge on any atom is 0.191 e. The van der Waals surface area contributed by atoms with Crippen molar-refractivity contribution in [3.8, 4) is 0 Å². The Bertz CT molecular complexity index is 554. The molecule has 1 atom stereocenters. The molecule has 4 N–H and O–H groups in total. The number of guanidine groups is 1. The number of aliphatic hydroxyl groups is 1. The zero-order chi connectivity index (χ0) is 15.1. The molecule has 1 unspecified atom stereocenters. The molecule has 2 aromatic rings. The number of nitrogens with zero attached hydrogens (tertiary/aromatic N) is 2. The molecule has 6 nitrogen and oxygen atoms in total. The van der Waals surface area contributed by atoms with Gasteiger partial charge in [0.25, 0.3) is 0 Å². The van der Waals surface area contributed by atoms with Crippen LogP contribution in [0.2, 0.25) is 0 Å². The van der Waals surface area contributed by atoms with E-state index < -0.39 is 5.60 Å². The average Bonchev–Trinajstić information content (AvgIpc) is 3.14. The monoisotopic (exact) mass is 435 g/mol. The molecule has 2 heterocycles. The van der Waals surface area contributed by atoms with Gasteiger partial charge in [0.2, 0.25) is 0 Å². The Balaban J connectivity index is 0.00000242. The molecule has 122 valence electrons. The van der Waals surface area contributed by atoms with Gasteiger partial charge in [-0.3, -0.25) is 5.10 Å². The Morgan fingerprint density at radius 3 is 2.86 bits per heavy atom. The number of aromatic amines is 1. The van der Waals surface area contributed by atoms with Gasteiger partial charge in [-0.05, 0) is 31.4 Å². The quantitative estimate of drug-likeness (QED) is 0.318. The van der Waals surface area contributed by atoms with E-state index in [9.17, 15) is 5.11 Å². The second kappa shape index (κ2) is 9.11. The topological polar surface area (TPSA) is 85.3 Å². The Kier molecular flexibility index (Phi) is 7.83. The second-order valence-electron chi connectivity index (χ2n) is 4.88. The molecule has 0 aromatic carbocycles. The van der Waals surface area contributed by atoms with Crippen molar-refractivity contribution < 1.29 is 5.11 Å². The van der Waals surface area contributed by atoms with Gasteiger partial charge in [-0.2, -0.15) is 5.10 Å². The van der Waals surface area contributed by atoms with E-state index in [0.29, 0.717) is 19.0 Å². The van der Waals surface area contributed by atoms with Crippen molar-refractivity contribution in [3.05, 3.63) is 40.3 Å². The van der Waals surface area contributed by atoms with E-state index in [-0.39, 0.29) is 24.0 Å². The van der Waals surface area contributed by atoms with Crippen LogP contribution in [-0.4, -0.2) is 34.4 Å². The summed E-state index contributed by atoms with van der Waals surface area (Å²) in [4.78, 5) is 5.39. The van der Waals surface area contributed by atoms with Crippen LogP contribution in [0.5, 0.6) is 0 Å². The summed E-state index contributed by atoms with van der Waals surface area (Å²) in [5.74, 6) is 0.670. The van der Waals surface area contributed by atoms with E-state index in [0.717, 1.165) is 17.1 Å². The summed E-state index contributed by atoms with van der Waals surface area (Å²) in [6, 6.07) is 5.75. The lowest BCUT2D eigenvalue weighted by Crippen LogP contribution is -2.44. The summed E-state index contributed by atoms with van der Waals surface area (Å²) in [6.45, 7) is 5.46. The van der Waals surface area contributed by atoms with Crippen LogP contribution in [0.4, 0.5) is 0 Å². The molecule has 8 heteroatoms. The molecule has 0 aliphatic rings. The Labute approximate surface area is 151 Å². The van der Waals surface area contributed by atoms with Crippen molar-refractivity contribution in [2.24, 2.45) is 4.99 Å². The maximum atomic E-state index is 10.5. The molecule has 22 heavy (non-hydrogen) atoms. The van der Waals surface area contributed by atoms with Crippen molar-refractivity contribution in [1.29, 1.82) is 0 Å². The number of H-pyrrole nitrogens is 1. The molecule has 0 saturated heterocycles. The van der Waals surface area contributed by atoms with E-state index in [1.54, 1.807) is 24.5 Å². The maximum absolute atomic E-state index is 10.5. The molecule has 0 fully saturated rings. The van der Waals surface area contributed by atoms with Crippen LogP contribution in [0.3, 0.4) is 0 Å². The molecule has 2 rings (SSSR count). The smallest absolute Gasteiger partial charge is 0.191 e. The number of nitrogens with one attached hydrogen (secondary N) is 3. The highest BCUT2D eigenvalue weighted by Crippen LogP contribution is 2.24. The van der Waals surface area contributed by atoms with E-state index in [4.69, 9.17) is 0 Å². The summed E-state index contributed by atoms with van der Waals surface area (Å²) < 4.78 is 0. The molecule has 2 aromatic heterocycles. The van der Waals surface area contributed by atoms with Crippen LogP contribution < -0.4 is 10.6 Å². The first-order valence-electron chi connectivity index (χ1n) is 6.88. The van der Waals surface area contributed by atoms with Gasteiger partial charge >= 0.3 is 0 Å². The van der Waals surface area contributed by atoms with Gasteiger partial charge in [-0.15, -0.1) is 35.3 Å². The first kappa shape index (κ1) is 18.9. The van der Waals surface area contributed by atoms with E-state index in [2.05, 4.69) is 25.8 Å². The van der Waals surface area contributed by atoms with Crippen molar-refractivity contribution in [1.82, 2.24) is 20.8 Å². The number of rotatable bonds is 6. The third kappa shape index (κ3) is 5.58. The molecular weight excluding hydrogens is 413 g/mol.